The second-order valence-electron chi connectivity index (χ2n) is 7.44. The molecule has 2 nitrogen and oxygen atoms in total. The van der Waals surface area contributed by atoms with E-state index in [1.54, 1.807) is 0 Å². The Morgan fingerprint density at radius 3 is 2.25 bits per heavy atom. The number of fused-ring (bicyclic) bond motifs is 2. The molecule has 1 N–H and O–H groups in total. The first kappa shape index (κ1) is 11.0. The van der Waals surface area contributed by atoms with Crippen LogP contribution in [0.25, 0.3) is 0 Å². The largest absolute Gasteiger partial charge is 0.389 e. The highest BCUT2D eigenvalue weighted by molar-refractivity contribution is 5.19. The summed E-state index contributed by atoms with van der Waals surface area (Å²) in [5.74, 6) is 0.699. The number of rotatable bonds is 2. The first-order chi connectivity index (χ1) is 7.23. The van der Waals surface area contributed by atoms with E-state index in [9.17, 15) is 5.11 Å². The Labute approximate surface area is 98.4 Å². The molecule has 92 valence electrons. The fourth-order valence-electron chi connectivity index (χ4n) is 4.53. The van der Waals surface area contributed by atoms with Gasteiger partial charge < -0.3 is 9.84 Å². The Bertz CT molecular complexity index is 332. The van der Waals surface area contributed by atoms with Crippen LogP contribution in [0.15, 0.2) is 0 Å². The molecular formula is C14H24O2. The number of hydrogen-bond acceptors (Lipinski definition) is 2. The molecule has 4 atom stereocenters. The van der Waals surface area contributed by atoms with Gasteiger partial charge in [-0.05, 0) is 37.5 Å². The quantitative estimate of drug-likeness (QED) is 0.732. The average Bonchev–Trinajstić information content (AvgIpc) is 2.79. The van der Waals surface area contributed by atoms with Crippen LogP contribution in [0, 0.1) is 16.7 Å². The Morgan fingerprint density at radius 2 is 1.88 bits per heavy atom. The summed E-state index contributed by atoms with van der Waals surface area (Å²) in [5, 5.41) is 11.1. The van der Waals surface area contributed by atoms with Crippen LogP contribution in [-0.4, -0.2) is 22.9 Å². The highest BCUT2D eigenvalue weighted by Gasteiger charge is 2.70. The van der Waals surface area contributed by atoms with E-state index in [-0.39, 0.29) is 16.4 Å². The van der Waals surface area contributed by atoms with Crippen LogP contribution in [0.4, 0.5) is 0 Å². The molecular weight excluding hydrogens is 200 g/mol. The van der Waals surface area contributed by atoms with E-state index in [1.165, 1.54) is 12.8 Å². The molecule has 2 saturated carbocycles. The van der Waals surface area contributed by atoms with Gasteiger partial charge in [0.05, 0.1) is 17.8 Å². The predicted octanol–water partition coefficient (Wildman–Crippen LogP) is 2.74. The lowest BCUT2D eigenvalue weighted by atomic mass is 9.62. The van der Waals surface area contributed by atoms with Crippen LogP contribution in [0.1, 0.15) is 53.4 Å². The molecule has 0 spiro atoms. The van der Waals surface area contributed by atoms with Gasteiger partial charge >= 0.3 is 0 Å². The third-order valence-corrected chi connectivity index (χ3v) is 6.35. The minimum Gasteiger partial charge on any atom is -0.389 e. The van der Waals surface area contributed by atoms with Gasteiger partial charge in [0.2, 0.25) is 0 Å². The lowest BCUT2D eigenvalue weighted by Gasteiger charge is -2.46. The van der Waals surface area contributed by atoms with Gasteiger partial charge in [-0.2, -0.15) is 0 Å². The van der Waals surface area contributed by atoms with Crippen LogP contribution >= 0.6 is 0 Å². The van der Waals surface area contributed by atoms with Crippen molar-refractivity contribution in [1.29, 1.82) is 0 Å². The van der Waals surface area contributed by atoms with Crippen molar-refractivity contribution in [2.45, 2.75) is 64.6 Å². The van der Waals surface area contributed by atoms with Crippen LogP contribution in [-0.2, 0) is 4.74 Å². The molecule has 2 bridgehead atoms. The summed E-state index contributed by atoms with van der Waals surface area (Å²) in [6.45, 7) is 9.95. The minimum atomic E-state index is -0.495. The van der Waals surface area contributed by atoms with Crippen molar-refractivity contribution in [3.63, 3.8) is 0 Å². The summed E-state index contributed by atoms with van der Waals surface area (Å²) >= 11 is 0. The summed E-state index contributed by atoms with van der Waals surface area (Å²) in [4.78, 5) is 0. The molecule has 0 aromatic rings. The van der Waals surface area contributed by atoms with Crippen LogP contribution < -0.4 is 0 Å². The lowest BCUT2D eigenvalue weighted by molar-refractivity contribution is -0.105. The molecule has 1 aliphatic heterocycles. The summed E-state index contributed by atoms with van der Waals surface area (Å²) in [7, 11) is 0. The van der Waals surface area contributed by atoms with Gasteiger partial charge in [-0.3, -0.25) is 0 Å². The fourth-order valence-corrected chi connectivity index (χ4v) is 4.53. The van der Waals surface area contributed by atoms with Gasteiger partial charge in [0.25, 0.3) is 0 Å². The SMILES string of the molecule is CC1(C)[C@@H]2CC[C@@]1(C)[C@@](O)(C[C@]1(C)CO1)C2. The normalized spacial score (nSPS) is 57.9. The Morgan fingerprint density at radius 1 is 1.25 bits per heavy atom. The van der Waals surface area contributed by atoms with Gasteiger partial charge in [0.1, 0.15) is 0 Å². The number of epoxide rings is 1. The van der Waals surface area contributed by atoms with Gasteiger partial charge in [-0.1, -0.05) is 20.8 Å². The monoisotopic (exact) mass is 224 g/mol. The van der Waals surface area contributed by atoms with E-state index >= 15 is 0 Å². The minimum absolute atomic E-state index is 0.0294. The van der Waals surface area contributed by atoms with Crippen LogP contribution in [0.3, 0.4) is 0 Å². The van der Waals surface area contributed by atoms with Crippen LogP contribution in [0.5, 0.6) is 0 Å². The van der Waals surface area contributed by atoms with E-state index in [2.05, 4.69) is 27.7 Å². The number of hydrogen-bond donors (Lipinski definition) is 1. The third kappa shape index (κ3) is 1.10. The second kappa shape index (κ2) is 2.67. The predicted molar refractivity (Wildman–Crippen MR) is 63.2 cm³/mol. The molecule has 0 amide bonds. The third-order valence-electron chi connectivity index (χ3n) is 6.35. The molecule has 0 radical (unpaired) electrons. The van der Waals surface area contributed by atoms with E-state index < -0.39 is 5.60 Å². The molecule has 3 fully saturated rings. The molecule has 0 aromatic carbocycles. The van der Waals surface area contributed by atoms with Crippen molar-refractivity contribution in [3.05, 3.63) is 0 Å². The summed E-state index contributed by atoms with van der Waals surface area (Å²) < 4.78 is 5.48. The molecule has 0 aromatic heterocycles. The molecule has 1 saturated heterocycles. The second-order valence-corrected chi connectivity index (χ2v) is 7.44. The maximum atomic E-state index is 11.1. The van der Waals surface area contributed by atoms with Gasteiger partial charge in [0, 0.05) is 11.8 Å². The molecule has 0 unspecified atom stereocenters. The lowest BCUT2D eigenvalue weighted by Crippen LogP contribution is -2.49. The van der Waals surface area contributed by atoms with Crippen LogP contribution in [0.2, 0.25) is 0 Å². The Balaban J connectivity index is 1.93. The number of ether oxygens (including phenoxy) is 1. The molecule has 2 aliphatic carbocycles. The van der Waals surface area contributed by atoms with E-state index in [1.807, 2.05) is 0 Å². The van der Waals surface area contributed by atoms with Gasteiger partial charge in [-0.25, -0.2) is 0 Å². The maximum absolute atomic E-state index is 11.1. The van der Waals surface area contributed by atoms with Gasteiger partial charge in [-0.15, -0.1) is 0 Å². The number of aliphatic hydroxyl groups is 1. The Hall–Kier alpha value is -0.0800. The molecule has 16 heavy (non-hydrogen) atoms. The van der Waals surface area contributed by atoms with Crippen molar-refractivity contribution in [2.75, 3.05) is 6.61 Å². The molecule has 1 heterocycles. The van der Waals surface area contributed by atoms with Crippen molar-refractivity contribution in [1.82, 2.24) is 0 Å². The highest BCUT2D eigenvalue weighted by Crippen LogP contribution is 2.71. The topological polar surface area (TPSA) is 32.8 Å². The zero-order valence-electron chi connectivity index (χ0n) is 11.0. The molecule has 3 rings (SSSR count). The van der Waals surface area contributed by atoms with Gasteiger partial charge in [0.15, 0.2) is 0 Å². The standard InChI is InChI=1S/C14H24O2/c1-11(2)10-5-6-13(11,4)14(15,7-10)8-12(3)9-16-12/h10,15H,5-9H2,1-4H3/t10-,12-,13-,14+/m1/s1. The zero-order chi connectivity index (χ0) is 11.8. The van der Waals surface area contributed by atoms with Crippen molar-refractivity contribution in [3.8, 4) is 0 Å². The summed E-state index contributed by atoms with van der Waals surface area (Å²) in [5.41, 5.74) is -0.157. The molecule has 2 heteroatoms. The fraction of sp³-hybridized carbons (Fsp3) is 1.00. The average molecular weight is 224 g/mol. The van der Waals surface area contributed by atoms with Crippen molar-refractivity contribution < 1.29 is 9.84 Å². The van der Waals surface area contributed by atoms with Crippen molar-refractivity contribution >= 4 is 0 Å². The molecule has 3 aliphatic rings. The first-order valence-electron chi connectivity index (χ1n) is 6.59. The van der Waals surface area contributed by atoms with Crippen molar-refractivity contribution in [2.24, 2.45) is 16.7 Å². The van der Waals surface area contributed by atoms with E-state index in [0.717, 1.165) is 19.4 Å². The summed E-state index contributed by atoms with van der Waals surface area (Å²) in [6.07, 6.45) is 4.28. The Kier molecular flexibility index (Phi) is 1.84. The highest BCUT2D eigenvalue weighted by atomic mass is 16.6. The smallest absolute Gasteiger partial charge is 0.0916 e. The summed E-state index contributed by atoms with van der Waals surface area (Å²) in [6, 6.07) is 0. The zero-order valence-corrected chi connectivity index (χ0v) is 11.0. The van der Waals surface area contributed by atoms with E-state index in [0.29, 0.717) is 5.92 Å². The van der Waals surface area contributed by atoms with E-state index in [4.69, 9.17) is 4.74 Å². The maximum Gasteiger partial charge on any atom is 0.0916 e. The first-order valence-corrected chi connectivity index (χ1v) is 6.59.